The fourth-order valence-corrected chi connectivity index (χ4v) is 4.34. The molecular formula is C21H12N12. The highest BCUT2D eigenvalue weighted by Gasteiger charge is 2.50. The summed E-state index contributed by atoms with van der Waals surface area (Å²) in [5, 5.41) is 57.8. The van der Waals surface area contributed by atoms with Gasteiger partial charge in [-0.3, -0.25) is 0 Å². The number of nitrogens with zero attached hydrogens (tertiary/aromatic N) is 12. The van der Waals surface area contributed by atoms with Gasteiger partial charge in [0, 0.05) is 21.1 Å². The molecule has 12 nitrogen and oxygen atoms in total. The SMILES string of the molecule is CN1C(C#N)=C(C#N)N=C2c3nc(C#N)c(C#N)nc3C3=C(C21)N(C)C(C#N)C(C#N)N3C. The van der Waals surface area contributed by atoms with Crippen molar-refractivity contribution in [1.82, 2.24) is 24.7 Å². The summed E-state index contributed by atoms with van der Waals surface area (Å²) >= 11 is 0. The molecule has 0 bridgehead atoms. The number of allylic oxidation sites excluding steroid dienone is 2. The van der Waals surface area contributed by atoms with Gasteiger partial charge in [0.1, 0.15) is 41.7 Å². The minimum Gasteiger partial charge on any atom is -0.356 e. The van der Waals surface area contributed by atoms with Crippen LogP contribution in [0, 0.1) is 68.0 Å². The van der Waals surface area contributed by atoms with E-state index < -0.39 is 18.1 Å². The first-order chi connectivity index (χ1) is 15.9. The van der Waals surface area contributed by atoms with Gasteiger partial charge in [-0.1, -0.05) is 0 Å². The molecule has 1 aromatic heterocycles. The normalized spacial score (nSPS) is 22.9. The van der Waals surface area contributed by atoms with Crippen LogP contribution in [-0.2, 0) is 0 Å². The highest BCUT2D eigenvalue weighted by atomic mass is 15.3. The maximum absolute atomic E-state index is 9.81. The molecule has 0 saturated heterocycles. The monoisotopic (exact) mass is 432 g/mol. The molecular weight excluding hydrogens is 420 g/mol. The first-order valence-electron chi connectivity index (χ1n) is 9.46. The maximum atomic E-state index is 9.81. The van der Waals surface area contributed by atoms with Gasteiger partial charge in [-0.2, -0.15) is 31.6 Å². The second-order valence-corrected chi connectivity index (χ2v) is 7.38. The Bertz CT molecular complexity index is 1450. The first kappa shape index (κ1) is 20.8. The van der Waals surface area contributed by atoms with Crippen LogP contribution in [-0.4, -0.2) is 69.6 Å². The lowest BCUT2D eigenvalue weighted by Gasteiger charge is -2.49. The van der Waals surface area contributed by atoms with E-state index in [9.17, 15) is 31.6 Å². The van der Waals surface area contributed by atoms with Gasteiger partial charge in [0.25, 0.3) is 0 Å². The van der Waals surface area contributed by atoms with Crippen molar-refractivity contribution in [2.45, 2.75) is 18.1 Å². The molecule has 0 amide bonds. The Kier molecular flexibility index (Phi) is 4.65. The second-order valence-electron chi connectivity index (χ2n) is 7.38. The lowest BCUT2D eigenvalue weighted by atomic mass is 9.85. The van der Waals surface area contributed by atoms with Crippen LogP contribution < -0.4 is 0 Å². The fourth-order valence-electron chi connectivity index (χ4n) is 4.34. The van der Waals surface area contributed by atoms with Crippen molar-refractivity contribution in [2.24, 2.45) is 4.99 Å². The van der Waals surface area contributed by atoms with Gasteiger partial charge in [0.2, 0.25) is 0 Å². The summed E-state index contributed by atoms with van der Waals surface area (Å²) in [6.07, 6.45) is 0. The molecule has 3 aliphatic rings. The van der Waals surface area contributed by atoms with E-state index in [1.165, 1.54) is 0 Å². The van der Waals surface area contributed by atoms with Gasteiger partial charge in [-0.25, -0.2) is 15.0 Å². The van der Waals surface area contributed by atoms with Crippen molar-refractivity contribution in [2.75, 3.05) is 21.1 Å². The standard InChI is InChI=1S/C21H12N12/c1-31-13(7-25)12(6-24)30-18-16-17(29-11(5-23)10(4-22)28-16)20-21(19(18)31)33(3)15(9-27)14(8-26)32(20)2/h14-15,19H,1-3H3. The molecule has 0 saturated carbocycles. The summed E-state index contributed by atoms with van der Waals surface area (Å²) in [4.78, 5) is 17.9. The van der Waals surface area contributed by atoms with Crippen molar-refractivity contribution in [3.05, 3.63) is 39.9 Å². The molecule has 3 heterocycles. The molecule has 3 unspecified atom stereocenters. The Balaban J connectivity index is 2.17. The van der Waals surface area contributed by atoms with Gasteiger partial charge in [-0.05, 0) is 0 Å². The molecule has 0 aromatic carbocycles. The maximum Gasteiger partial charge on any atom is 0.177 e. The summed E-state index contributed by atoms with van der Waals surface area (Å²) in [6.45, 7) is 0. The summed E-state index contributed by atoms with van der Waals surface area (Å²) in [6, 6.07) is 9.40. The topological polar surface area (TPSA) is 191 Å². The van der Waals surface area contributed by atoms with Crippen LogP contribution in [0.4, 0.5) is 0 Å². The Morgan fingerprint density at radius 1 is 0.697 bits per heavy atom. The first-order valence-corrected chi connectivity index (χ1v) is 9.46. The molecule has 0 spiro atoms. The molecule has 1 aromatic rings. The molecule has 0 fully saturated rings. The third-order valence-corrected chi connectivity index (χ3v) is 5.87. The van der Waals surface area contributed by atoms with E-state index in [1.807, 2.05) is 24.3 Å². The number of fused-ring (bicyclic) bond motifs is 5. The zero-order valence-corrected chi connectivity index (χ0v) is 17.6. The van der Waals surface area contributed by atoms with E-state index in [4.69, 9.17) is 0 Å². The number of likely N-dealkylation sites (N-methyl/N-ethyl adjacent to an activating group) is 3. The summed E-state index contributed by atoms with van der Waals surface area (Å²) in [5.74, 6) is 0. The Morgan fingerprint density at radius 2 is 1.27 bits per heavy atom. The van der Waals surface area contributed by atoms with E-state index in [1.54, 1.807) is 35.8 Å². The van der Waals surface area contributed by atoms with Crippen molar-refractivity contribution in [3.8, 4) is 36.4 Å². The van der Waals surface area contributed by atoms with E-state index in [-0.39, 0.29) is 39.9 Å². The van der Waals surface area contributed by atoms with Crippen molar-refractivity contribution < 1.29 is 0 Å². The average Bonchev–Trinajstić information content (AvgIpc) is 2.83. The van der Waals surface area contributed by atoms with Gasteiger partial charge in [-0.15, -0.1) is 0 Å². The van der Waals surface area contributed by atoms with Crippen LogP contribution in [0.25, 0.3) is 5.70 Å². The highest BCUT2D eigenvalue weighted by Crippen LogP contribution is 2.43. The van der Waals surface area contributed by atoms with Gasteiger partial charge in [0.15, 0.2) is 34.9 Å². The Hall–Kier alpha value is -5.43. The molecule has 2 aliphatic heterocycles. The Labute approximate surface area is 188 Å². The van der Waals surface area contributed by atoms with Crippen LogP contribution in [0.1, 0.15) is 22.8 Å². The fraction of sp³-hybridized carbons (Fsp3) is 0.286. The van der Waals surface area contributed by atoms with E-state index in [2.05, 4.69) is 27.1 Å². The predicted octanol–water partition coefficient (Wildman–Crippen LogP) is -0.0744. The number of hydrogen-bond acceptors (Lipinski definition) is 12. The lowest BCUT2D eigenvalue weighted by Crippen LogP contribution is -2.59. The quantitative estimate of drug-likeness (QED) is 0.533. The molecule has 4 rings (SSSR count). The predicted molar refractivity (Wildman–Crippen MR) is 109 cm³/mol. The summed E-state index contributed by atoms with van der Waals surface area (Å²) < 4.78 is 0. The number of rotatable bonds is 0. The second kappa shape index (κ2) is 7.36. The van der Waals surface area contributed by atoms with Crippen molar-refractivity contribution in [1.29, 1.82) is 31.6 Å². The van der Waals surface area contributed by atoms with Crippen LogP contribution >= 0.6 is 0 Å². The van der Waals surface area contributed by atoms with Gasteiger partial charge in [0.05, 0.1) is 29.2 Å². The van der Waals surface area contributed by atoms with Gasteiger partial charge < -0.3 is 14.7 Å². The third kappa shape index (κ3) is 2.60. The smallest absolute Gasteiger partial charge is 0.177 e. The van der Waals surface area contributed by atoms with Crippen molar-refractivity contribution in [3.63, 3.8) is 0 Å². The molecule has 33 heavy (non-hydrogen) atoms. The minimum atomic E-state index is -0.873. The van der Waals surface area contributed by atoms with E-state index in [0.29, 0.717) is 11.4 Å². The highest BCUT2D eigenvalue weighted by molar-refractivity contribution is 6.12. The van der Waals surface area contributed by atoms with Crippen LogP contribution in [0.2, 0.25) is 0 Å². The molecule has 12 heteroatoms. The molecule has 1 aliphatic carbocycles. The molecule has 0 N–H and O–H groups in total. The van der Waals surface area contributed by atoms with Crippen LogP contribution in [0.5, 0.6) is 0 Å². The third-order valence-electron chi connectivity index (χ3n) is 5.87. The number of hydrogen-bond donors (Lipinski definition) is 0. The molecule has 156 valence electrons. The number of aliphatic imine (C=N–C) groups is 1. The van der Waals surface area contributed by atoms with E-state index in [0.717, 1.165) is 0 Å². The molecule has 0 radical (unpaired) electrons. The largest absolute Gasteiger partial charge is 0.356 e. The zero-order chi connectivity index (χ0) is 24.0. The zero-order valence-electron chi connectivity index (χ0n) is 17.6. The van der Waals surface area contributed by atoms with Crippen LogP contribution in [0.15, 0.2) is 22.1 Å². The number of nitriles is 6. The van der Waals surface area contributed by atoms with Gasteiger partial charge >= 0.3 is 0 Å². The lowest BCUT2D eigenvalue weighted by molar-refractivity contribution is 0.197. The van der Waals surface area contributed by atoms with E-state index >= 15 is 0 Å². The minimum absolute atomic E-state index is 0.0237. The van der Waals surface area contributed by atoms with Crippen LogP contribution in [0.3, 0.4) is 0 Å². The Morgan fingerprint density at radius 3 is 1.79 bits per heavy atom. The van der Waals surface area contributed by atoms with Crippen molar-refractivity contribution >= 4 is 11.4 Å². The average molecular weight is 432 g/mol. The number of aromatic nitrogens is 2. The molecule has 3 atom stereocenters. The summed E-state index contributed by atoms with van der Waals surface area (Å²) in [5.41, 5.74) is 1.03. The summed E-state index contributed by atoms with van der Waals surface area (Å²) in [7, 11) is 4.89.